The number of likely N-dealkylation sites (tertiary alicyclic amines) is 1. The second-order valence-corrected chi connectivity index (χ2v) is 4.92. The van der Waals surface area contributed by atoms with Crippen LogP contribution in [0.5, 0.6) is 0 Å². The summed E-state index contributed by atoms with van der Waals surface area (Å²) < 4.78 is 0. The van der Waals surface area contributed by atoms with Crippen LogP contribution in [-0.4, -0.2) is 47.6 Å². The molecule has 2 saturated heterocycles. The maximum Gasteiger partial charge on any atom is 0.326 e. The van der Waals surface area contributed by atoms with Crippen LogP contribution in [0.1, 0.15) is 32.1 Å². The fourth-order valence-corrected chi connectivity index (χ4v) is 2.75. The average Bonchev–Trinajstić information content (AvgIpc) is 2.39. The van der Waals surface area contributed by atoms with Crippen LogP contribution < -0.4 is 5.32 Å². The predicted molar refractivity (Wildman–Crippen MR) is 62.6 cm³/mol. The third kappa shape index (κ3) is 2.77. The monoisotopic (exact) mass is 240 g/mol. The van der Waals surface area contributed by atoms with E-state index >= 15 is 0 Å². The number of hydrogen-bond acceptors (Lipinski definition) is 3. The van der Waals surface area contributed by atoms with E-state index in [0.29, 0.717) is 19.5 Å². The van der Waals surface area contributed by atoms with Gasteiger partial charge in [-0.15, -0.1) is 0 Å². The molecule has 2 fully saturated rings. The van der Waals surface area contributed by atoms with Gasteiger partial charge in [0, 0.05) is 13.1 Å². The summed E-state index contributed by atoms with van der Waals surface area (Å²) in [5.74, 6) is -0.852. The summed E-state index contributed by atoms with van der Waals surface area (Å²) in [6, 6.07) is -0.599. The molecule has 0 unspecified atom stereocenters. The van der Waals surface area contributed by atoms with Crippen LogP contribution in [0, 0.1) is 5.92 Å². The van der Waals surface area contributed by atoms with Gasteiger partial charge in [-0.3, -0.25) is 4.79 Å². The van der Waals surface area contributed by atoms with Gasteiger partial charge in [-0.1, -0.05) is 0 Å². The SMILES string of the molecule is O=C(O)[C@H]1CCCCN1C(=O)[C@@H]1CCCNC1. The zero-order chi connectivity index (χ0) is 12.3. The Morgan fingerprint density at radius 1 is 1.18 bits per heavy atom. The second-order valence-electron chi connectivity index (χ2n) is 4.92. The molecule has 2 aliphatic heterocycles. The van der Waals surface area contributed by atoms with Crippen LogP contribution in [0.4, 0.5) is 0 Å². The van der Waals surface area contributed by atoms with E-state index in [9.17, 15) is 9.59 Å². The molecule has 2 heterocycles. The van der Waals surface area contributed by atoms with Crippen molar-refractivity contribution >= 4 is 11.9 Å². The van der Waals surface area contributed by atoms with Crippen molar-refractivity contribution in [2.24, 2.45) is 5.92 Å². The van der Waals surface area contributed by atoms with Gasteiger partial charge in [0.15, 0.2) is 0 Å². The maximum atomic E-state index is 12.3. The van der Waals surface area contributed by atoms with Gasteiger partial charge < -0.3 is 15.3 Å². The number of hydrogen-bond donors (Lipinski definition) is 2. The average molecular weight is 240 g/mol. The van der Waals surface area contributed by atoms with Crippen LogP contribution in [0.15, 0.2) is 0 Å². The first-order chi connectivity index (χ1) is 8.20. The summed E-state index contributed by atoms with van der Waals surface area (Å²) >= 11 is 0. The Labute approximate surface area is 101 Å². The molecule has 0 aromatic carbocycles. The standard InChI is InChI=1S/C12H20N2O3/c15-11(9-4-3-6-13-8-9)14-7-2-1-5-10(14)12(16)17/h9-10,13H,1-8H2,(H,16,17)/t9-,10-/m1/s1. The first kappa shape index (κ1) is 12.4. The smallest absolute Gasteiger partial charge is 0.326 e. The summed E-state index contributed by atoms with van der Waals surface area (Å²) in [6.07, 6.45) is 4.32. The number of nitrogens with zero attached hydrogens (tertiary/aromatic N) is 1. The van der Waals surface area contributed by atoms with Crippen LogP contribution >= 0.6 is 0 Å². The van der Waals surface area contributed by atoms with Crippen molar-refractivity contribution in [3.8, 4) is 0 Å². The number of rotatable bonds is 2. The van der Waals surface area contributed by atoms with Crippen LogP contribution in [0.3, 0.4) is 0 Å². The van der Waals surface area contributed by atoms with Crippen molar-refractivity contribution < 1.29 is 14.7 Å². The van der Waals surface area contributed by atoms with Crippen molar-refractivity contribution in [2.75, 3.05) is 19.6 Å². The van der Waals surface area contributed by atoms with E-state index in [2.05, 4.69) is 5.32 Å². The van der Waals surface area contributed by atoms with Gasteiger partial charge in [-0.2, -0.15) is 0 Å². The Bertz CT molecular complexity index is 300. The minimum Gasteiger partial charge on any atom is -0.480 e. The summed E-state index contributed by atoms with van der Waals surface area (Å²) in [5.41, 5.74) is 0. The van der Waals surface area contributed by atoms with Gasteiger partial charge in [0.1, 0.15) is 6.04 Å². The van der Waals surface area contributed by atoms with E-state index in [-0.39, 0.29) is 11.8 Å². The first-order valence-electron chi connectivity index (χ1n) is 6.44. The molecule has 0 bridgehead atoms. The molecule has 0 aromatic rings. The van der Waals surface area contributed by atoms with Crippen LogP contribution in [-0.2, 0) is 9.59 Å². The molecule has 2 rings (SSSR count). The molecule has 17 heavy (non-hydrogen) atoms. The van der Waals surface area contributed by atoms with Crippen LogP contribution in [0.2, 0.25) is 0 Å². The molecule has 5 heteroatoms. The Hall–Kier alpha value is -1.10. The molecule has 2 aliphatic rings. The zero-order valence-corrected chi connectivity index (χ0v) is 10.0. The maximum absolute atomic E-state index is 12.3. The molecule has 96 valence electrons. The third-order valence-corrected chi connectivity index (χ3v) is 3.72. The number of carboxylic acid groups (broad SMARTS) is 1. The van der Waals surface area contributed by atoms with E-state index in [1.54, 1.807) is 4.90 Å². The summed E-state index contributed by atoms with van der Waals surface area (Å²) in [5, 5.41) is 12.4. The lowest BCUT2D eigenvalue weighted by atomic mass is 9.94. The third-order valence-electron chi connectivity index (χ3n) is 3.72. The second kappa shape index (κ2) is 5.49. The molecule has 2 N–H and O–H groups in total. The summed E-state index contributed by atoms with van der Waals surface area (Å²) in [7, 11) is 0. The minimum atomic E-state index is -0.859. The quantitative estimate of drug-likeness (QED) is 0.735. The molecule has 5 nitrogen and oxygen atoms in total. The Kier molecular flexibility index (Phi) is 3.99. The number of carboxylic acids is 1. The Morgan fingerprint density at radius 3 is 2.65 bits per heavy atom. The van der Waals surface area contributed by atoms with E-state index in [1.807, 2.05) is 0 Å². The number of carbonyl (C=O) groups excluding carboxylic acids is 1. The number of nitrogens with one attached hydrogen (secondary N) is 1. The topological polar surface area (TPSA) is 69.6 Å². The largest absolute Gasteiger partial charge is 0.480 e. The van der Waals surface area contributed by atoms with Crippen LogP contribution in [0.25, 0.3) is 0 Å². The lowest BCUT2D eigenvalue weighted by Crippen LogP contribution is -2.52. The first-order valence-corrected chi connectivity index (χ1v) is 6.44. The van der Waals surface area contributed by atoms with Crippen molar-refractivity contribution in [2.45, 2.75) is 38.1 Å². The molecule has 0 saturated carbocycles. The molecule has 0 aliphatic carbocycles. The number of piperidine rings is 2. The molecule has 0 radical (unpaired) electrons. The highest BCUT2D eigenvalue weighted by Gasteiger charge is 2.35. The van der Waals surface area contributed by atoms with Crippen molar-refractivity contribution in [1.29, 1.82) is 0 Å². The fourth-order valence-electron chi connectivity index (χ4n) is 2.75. The van der Waals surface area contributed by atoms with Crippen molar-refractivity contribution in [3.63, 3.8) is 0 Å². The molecular weight excluding hydrogens is 220 g/mol. The molecule has 2 atom stereocenters. The lowest BCUT2D eigenvalue weighted by molar-refractivity contribution is -0.154. The van der Waals surface area contributed by atoms with Crippen molar-refractivity contribution in [3.05, 3.63) is 0 Å². The Morgan fingerprint density at radius 2 is 2.00 bits per heavy atom. The lowest BCUT2D eigenvalue weighted by Gasteiger charge is -2.36. The van der Waals surface area contributed by atoms with E-state index in [1.165, 1.54) is 0 Å². The molecule has 1 amide bonds. The fraction of sp³-hybridized carbons (Fsp3) is 0.833. The van der Waals surface area contributed by atoms with E-state index in [4.69, 9.17) is 5.11 Å². The predicted octanol–water partition coefficient (Wildman–Crippen LogP) is 0.452. The van der Waals surface area contributed by atoms with Gasteiger partial charge in [0.25, 0.3) is 0 Å². The highest BCUT2D eigenvalue weighted by atomic mass is 16.4. The molecular formula is C12H20N2O3. The highest BCUT2D eigenvalue weighted by Crippen LogP contribution is 2.22. The summed E-state index contributed by atoms with van der Waals surface area (Å²) in [6.45, 7) is 2.26. The highest BCUT2D eigenvalue weighted by molar-refractivity contribution is 5.85. The van der Waals surface area contributed by atoms with Gasteiger partial charge in [-0.25, -0.2) is 4.79 Å². The van der Waals surface area contributed by atoms with Gasteiger partial charge in [0.05, 0.1) is 5.92 Å². The minimum absolute atomic E-state index is 0.0244. The van der Waals surface area contributed by atoms with Gasteiger partial charge >= 0.3 is 5.97 Å². The van der Waals surface area contributed by atoms with Gasteiger partial charge in [0.2, 0.25) is 5.91 Å². The molecule has 0 spiro atoms. The van der Waals surface area contributed by atoms with Crippen molar-refractivity contribution in [1.82, 2.24) is 10.2 Å². The summed E-state index contributed by atoms with van der Waals surface area (Å²) in [4.78, 5) is 25.0. The number of aliphatic carboxylic acids is 1. The van der Waals surface area contributed by atoms with E-state index < -0.39 is 12.0 Å². The van der Waals surface area contributed by atoms with E-state index in [0.717, 1.165) is 32.2 Å². The normalized spacial score (nSPS) is 30.0. The zero-order valence-electron chi connectivity index (χ0n) is 10.0. The van der Waals surface area contributed by atoms with Gasteiger partial charge in [-0.05, 0) is 38.6 Å². The Balaban J connectivity index is 2.02. The molecule has 0 aromatic heterocycles. The number of carbonyl (C=O) groups is 2. The number of amides is 1.